The Labute approximate surface area is 180 Å². The molecule has 0 aliphatic rings. The molecule has 0 saturated heterocycles. The fraction of sp³-hybridized carbons (Fsp3) is 0.0833. The van der Waals surface area contributed by atoms with Crippen LogP contribution in [0.5, 0.6) is 0 Å². The third-order valence-electron chi connectivity index (χ3n) is 5.15. The lowest BCUT2D eigenvalue weighted by Crippen LogP contribution is -2.26. The maximum Gasteiger partial charge on any atom is 0.338 e. The first-order valence-electron chi connectivity index (χ1n) is 9.58. The zero-order chi connectivity index (χ0) is 23.0. The molecule has 0 fully saturated rings. The van der Waals surface area contributed by atoms with Crippen molar-refractivity contribution in [1.29, 1.82) is 0 Å². The number of aromatic carboxylic acids is 1. The van der Waals surface area contributed by atoms with Gasteiger partial charge in [0.05, 0.1) is 5.56 Å². The first-order valence-corrected chi connectivity index (χ1v) is 9.58. The Morgan fingerprint density at radius 2 is 1.66 bits per heavy atom. The van der Waals surface area contributed by atoms with E-state index in [1.54, 1.807) is 12.1 Å². The number of aromatic amines is 1. The second-order valence-electron chi connectivity index (χ2n) is 7.38. The molecule has 2 N–H and O–H groups in total. The number of aromatic nitrogens is 1. The van der Waals surface area contributed by atoms with Crippen LogP contribution in [0.15, 0.2) is 60.7 Å². The highest BCUT2D eigenvalue weighted by Gasteiger charge is 2.18. The Balaban J connectivity index is 1.65. The first kappa shape index (κ1) is 21.2. The molecule has 0 saturated carbocycles. The molecule has 162 valence electrons. The summed E-state index contributed by atoms with van der Waals surface area (Å²) in [5.41, 5.74) is 1.46. The van der Waals surface area contributed by atoms with Crippen molar-refractivity contribution in [3.8, 4) is 11.1 Å². The number of hydrogen-bond acceptors (Lipinski definition) is 2. The van der Waals surface area contributed by atoms with Gasteiger partial charge in [-0.05, 0) is 65.2 Å². The number of halogens is 3. The fourth-order valence-electron chi connectivity index (χ4n) is 3.58. The number of carbonyl (C=O) groups excluding carboxylic acids is 1. The lowest BCUT2D eigenvalue weighted by atomic mass is 9.97. The fourth-order valence-corrected chi connectivity index (χ4v) is 3.58. The van der Waals surface area contributed by atoms with Gasteiger partial charge < -0.3 is 15.0 Å². The van der Waals surface area contributed by atoms with Crippen molar-refractivity contribution in [2.75, 3.05) is 7.05 Å². The maximum atomic E-state index is 14.2. The van der Waals surface area contributed by atoms with E-state index in [0.29, 0.717) is 27.6 Å². The van der Waals surface area contributed by atoms with E-state index in [1.807, 2.05) is 0 Å². The number of hydrogen-bond donors (Lipinski definition) is 2. The molecule has 0 spiro atoms. The number of nitrogens with zero attached hydrogens (tertiary/aromatic N) is 1. The van der Waals surface area contributed by atoms with Gasteiger partial charge in [-0.3, -0.25) is 4.79 Å². The third kappa shape index (κ3) is 4.07. The monoisotopic (exact) mass is 438 g/mol. The van der Waals surface area contributed by atoms with Crippen LogP contribution in [0.4, 0.5) is 13.2 Å². The number of carboxylic acid groups (broad SMARTS) is 1. The van der Waals surface area contributed by atoms with Gasteiger partial charge in [0.1, 0.15) is 23.1 Å². The van der Waals surface area contributed by atoms with E-state index in [4.69, 9.17) is 5.11 Å². The number of fused-ring (bicyclic) bond motifs is 1. The van der Waals surface area contributed by atoms with Crippen molar-refractivity contribution in [2.45, 2.75) is 6.54 Å². The molecular weight excluding hydrogens is 421 g/mol. The molecule has 1 aromatic heterocycles. The second-order valence-corrected chi connectivity index (χ2v) is 7.38. The lowest BCUT2D eigenvalue weighted by Gasteiger charge is -2.19. The quantitative estimate of drug-likeness (QED) is 0.449. The minimum atomic E-state index is -1.39. The van der Waals surface area contributed by atoms with Gasteiger partial charge in [-0.25, -0.2) is 18.0 Å². The van der Waals surface area contributed by atoms with Crippen LogP contribution in [0.2, 0.25) is 0 Å². The predicted octanol–water partition coefficient (Wildman–Crippen LogP) is 5.22. The minimum Gasteiger partial charge on any atom is -0.478 e. The van der Waals surface area contributed by atoms with E-state index in [0.717, 1.165) is 12.1 Å². The molecule has 4 aromatic rings. The summed E-state index contributed by atoms with van der Waals surface area (Å²) >= 11 is 0. The summed E-state index contributed by atoms with van der Waals surface area (Å²) in [5.74, 6) is -3.67. The van der Waals surface area contributed by atoms with E-state index in [9.17, 15) is 22.8 Å². The molecule has 5 nitrogen and oxygen atoms in total. The molecule has 3 aromatic carbocycles. The molecular formula is C24H17F3N2O3. The van der Waals surface area contributed by atoms with Gasteiger partial charge in [0.25, 0.3) is 5.91 Å². The number of carbonyl (C=O) groups is 2. The number of carboxylic acids is 1. The number of benzene rings is 3. The van der Waals surface area contributed by atoms with Gasteiger partial charge in [-0.1, -0.05) is 12.1 Å². The summed E-state index contributed by atoms with van der Waals surface area (Å²) in [4.78, 5) is 28.2. The van der Waals surface area contributed by atoms with Crippen molar-refractivity contribution in [3.63, 3.8) is 0 Å². The van der Waals surface area contributed by atoms with Crippen LogP contribution in [-0.4, -0.2) is 33.9 Å². The van der Waals surface area contributed by atoms with Gasteiger partial charge in [0, 0.05) is 24.5 Å². The molecule has 0 atom stereocenters. The van der Waals surface area contributed by atoms with E-state index in [2.05, 4.69) is 4.98 Å². The molecule has 32 heavy (non-hydrogen) atoms. The van der Waals surface area contributed by atoms with E-state index >= 15 is 0 Å². The average Bonchev–Trinajstić information content (AvgIpc) is 3.16. The highest BCUT2D eigenvalue weighted by molar-refractivity contribution is 5.98. The topological polar surface area (TPSA) is 73.4 Å². The van der Waals surface area contributed by atoms with Crippen LogP contribution >= 0.6 is 0 Å². The smallest absolute Gasteiger partial charge is 0.338 e. The average molecular weight is 438 g/mol. The van der Waals surface area contributed by atoms with Crippen molar-refractivity contribution < 1.29 is 27.9 Å². The van der Waals surface area contributed by atoms with Crippen molar-refractivity contribution >= 4 is 22.8 Å². The van der Waals surface area contributed by atoms with Crippen LogP contribution in [0, 0.1) is 17.5 Å². The Bertz CT molecular complexity index is 1360. The predicted molar refractivity (Wildman–Crippen MR) is 113 cm³/mol. The molecule has 1 amide bonds. The molecule has 0 unspecified atom stereocenters. The Morgan fingerprint density at radius 3 is 2.38 bits per heavy atom. The van der Waals surface area contributed by atoms with Crippen molar-refractivity contribution in [3.05, 3.63) is 94.9 Å². The summed E-state index contributed by atoms with van der Waals surface area (Å²) in [6.07, 6.45) is 0. The lowest BCUT2D eigenvalue weighted by molar-refractivity contribution is 0.0691. The second kappa shape index (κ2) is 8.22. The van der Waals surface area contributed by atoms with E-state index in [-0.39, 0.29) is 12.2 Å². The van der Waals surface area contributed by atoms with Gasteiger partial charge >= 0.3 is 5.97 Å². The van der Waals surface area contributed by atoms with Crippen LogP contribution in [-0.2, 0) is 6.54 Å². The van der Waals surface area contributed by atoms with Gasteiger partial charge in [-0.2, -0.15) is 0 Å². The Hall–Kier alpha value is -4.07. The number of amides is 1. The largest absolute Gasteiger partial charge is 0.478 e. The molecule has 0 radical (unpaired) electrons. The third-order valence-corrected chi connectivity index (χ3v) is 5.15. The SMILES string of the molecule is CN(Cc1cc(F)ccc1-c1ccc(C(=O)O)c(F)c1)C(=O)c1cc2ccc(F)cc2[nH]1. The van der Waals surface area contributed by atoms with Gasteiger partial charge in [0.2, 0.25) is 0 Å². The number of H-pyrrole nitrogens is 1. The molecule has 8 heteroatoms. The highest BCUT2D eigenvalue weighted by Crippen LogP contribution is 2.28. The number of nitrogens with one attached hydrogen (secondary N) is 1. The zero-order valence-electron chi connectivity index (χ0n) is 16.8. The molecule has 4 rings (SSSR count). The van der Waals surface area contributed by atoms with E-state index in [1.165, 1.54) is 48.3 Å². The highest BCUT2D eigenvalue weighted by atomic mass is 19.1. The summed E-state index contributed by atoms with van der Waals surface area (Å²) in [6.45, 7) is -0.00203. The van der Waals surface area contributed by atoms with Crippen LogP contribution in [0.25, 0.3) is 22.0 Å². The van der Waals surface area contributed by atoms with Crippen LogP contribution in [0.3, 0.4) is 0 Å². The summed E-state index contributed by atoms with van der Waals surface area (Å²) in [7, 11) is 1.53. The summed E-state index contributed by atoms with van der Waals surface area (Å²) in [6, 6.07) is 13.2. The molecule has 0 aliphatic heterocycles. The summed E-state index contributed by atoms with van der Waals surface area (Å²) in [5, 5.41) is 9.69. The molecule has 1 heterocycles. The van der Waals surface area contributed by atoms with Gasteiger partial charge in [0.15, 0.2) is 0 Å². The van der Waals surface area contributed by atoms with Crippen molar-refractivity contribution in [1.82, 2.24) is 9.88 Å². The summed E-state index contributed by atoms with van der Waals surface area (Å²) < 4.78 is 41.6. The maximum absolute atomic E-state index is 14.2. The molecule has 0 aliphatic carbocycles. The standard InChI is InChI=1S/C24H17F3N2O3/c1-29(23(30)22-10-14-2-4-17(26)11-21(14)28-22)12-15-8-16(25)5-7-18(15)13-3-6-19(24(31)32)20(27)9-13/h2-11,28H,12H2,1H3,(H,31,32). The van der Waals surface area contributed by atoms with E-state index < -0.39 is 34.9 Å². The zero-order valence-corrected chi connectivity index (χ0v) is 16.8. The van der Waals surface area contributed by atoms with Crippen molar-refractivity contribution in [2.24, 2.45) is 0 Å². The normalized spacial score (nSPS) is 11.0. The van der Waals surface area contributed by atoms with Crippen LogP contribution in [0.1, 0.15) is 26.4 Å². The minimum absolute atomic E-state index is 0.00203. The number of rotatable bonds is 5. The van der Waals surface area contributed by atoms with Crippen LogP contribution < -0.4 is 0 Å². The first-order chi connectivity index (χ1) is 15.2. The Morgan fingerprint density at radius 1 is 0.938 bits per heavy atom. The molecule has 0 bridgehead atoms. The Kier molecular flexibility index (Phi) is 5.44. The van der Waals surface area contributed by atoms with Gasteiger partial charge in [-0.15, -0.1) is 0 Å².